The molecule has 0 spiro atoms. The quantitative estimate of drug-likeness (QED) is 0.682. The molecule has 2 aromatic heterocycles. The van der Waals surface area contributed by atoms with Crippen LogP contribution in [0.5, 0.6) is 0 Å². The molecule has 29 heavy (non-hydrogen) atoms. The molecule has 0 saturated carbocycles. The summed E-state index contributed by atoms with van der Waals surface area (Å²) in [7, 11) is 3.01. The maximum atomic E-state index is 12.6. The molecular weight excluding hydrogens is 372 g/mol. The minimum Gasteiger partial charge on any atom is -0.368 e. The lowest BCUT2D eigenvalue weighted by Gasteiger charge is -2.36. The smallest absolute Gasteiger partial charge is 0.332 e. The molecule has 1 aliphatic heterocycles. The molecule has 0 radical (unpaired) electrons. The van der Waals surface area contributed by atoms with Crippen molar-refractivity contribution >= 4 is 22.8 Å². The van der Waals surface area contributed by atoms with E-state index in [-0.39, 0.29) is 11.4 Å². The van der Waals surface area contributed by atoms with Gasteiger partial charge < -0.3 is 14.8 Å². The third-order valence-corrected chi connectivity index (χ3v) is 5.47. The number of benzene rings is 1. The Hall–Kier alpha value is -3.36. The van der Waals surface area contributed by atoms with Gasteiger partial charge in [-0.1, -0.05) is 18.2 Å². The van der Waals surface area contributed by atoms with Gasteiger partial charge in [0.1, 0.15) is 11.3 Å². The summed E-state index contributed by atoms with van der Waals surface area (Å²) in [4.78, 5) is 48.4. The number of hydrogen-bond acceptors (Lipinski definition) is 5. The van der Waals surface area contributed by atoms with Crippen LogP contribution < -0.4 is 16.1 Å². The Bertz CT molecular complexity index is 1150. The highest BCUT2D eigenvalue weighted by atomic mass is 16.2. The van der Waals surface area contributed by atoms with Gasteiger partial charge in [0.05, 0.1) is 0 Å². The fourth-order valence-corrected chi connectivity index (χ4v) is 3.73. The van der Waals surface area contributed by atoms with E-state index >= 15 is 0 Å². The van der Waals surface area contributed by atoms with E-state index in [0.29, 0.717) is 37.4 Å². The number of carbonyl (C=O) groups excluding carboxylic acids is 1. The van der Waals surface area contributed by atoms with Crippen LogP contribution in [0.3, 0.4) is 0 Å². The molecule has 1 aromatic carbocycles. The lowest BCUT2D eigenvalue weighted by Crippen LogP contribution is -2.48. The Morgan fingerprint density at radius 1 is 1.03 bits per heavy atom. The van der Waals surface area contributed by atoms with Gasteiger partial charge in [-0.3, -0.25) is 18.7 Å². The predicted molar refractivity (Wildman–Crippen MR) is 110 cm³/mol. The largest absolute Gasteiger partial charge is 0.368 e. The number of imidazole rings is 1. The third kappa shape index (κ3) is 3.55. The highest BCUT2D eigenvalue weighted by molar-refractivity contribution is 5.77. The number of amides is 1. The fraction of sp³-hybridized carbons (Fsp3) is 0.400. The van der Waals surface area contributed by atoms with Crippen molar-refractivity contribution in [2.24, 2.45) is 14.1 Å². The predicted octanol–water partition coefficient (Wildman–Crippen LogP) is 0.242. The van der Waals surface area contributed by atoms with E-state index in [4.69, 9.17) is 0 Å². The number of rotatable bonds is 4. The van der Waals surface area contributed by atoms with Gasteiger partial charge in [0, 0.05) is 58.8 Å². The molecule has 9 nitrogen and oxygen atoms in total. The van der Waals surface area contributed by atoms with Crippen LogP contribution in [0.4, 0.5) is 5.69 Å². The first-order valence-electron chi connectivity index (χ1n) is 9.68. The van der Waals surface area contributed by atoms with Gasteiger partial charge in [-0.15, -0.1) is 0 Å². The maximum Gasteiger partial charge on any atom is 0.332 e. The SMILES string of the molecule is Cn1c(=O)c2[nH]c(CCC(=O)N3CCN(c4ccccc4)CC3)nc2n(C)c1=O. The number of aryl methyl sites for hydroxylation is 2. The molecule has 0 aliphatic carbocycles. The van der Waals surface area contributed by atoms with Gasteiger partial charge in [0.15, 0.2) is 5.65 Å². The van der Waals surface area contributed by atoms with Crippen molar-refractivity contribution in [3.63, 3.8) is 0 Å². The van der Waals surface area contributed by atoms with E-state index in [1.54, 1.807) is 7.05 Å². The molecule has 1 amide bonds. The Kier molecular flexibility index (Phi) is 4.96. The average Bonchev–Trinajstić information content (AvgIpc) is 3.20. The zero-order valence-corrected chi connectivity index (χ0v) is 16.6. The van der Waals surface area contributed by atoms with Gasteiger partial charge in [0.2, 0.25) is 5.91 Å². The standard InChI is InChI=1S/C20H24N6O3/c1-23-18-17(19(28)24(2)20(23)29)21-15(22-18)8-9-16(27)26-12-10-25(11-13-26)14-6-4-3-5-7-14/h3-7H,8-13H2,1-2H3,(H,21,22). The summed E-state index contributed by atoms with van der Waals surface area (Å²) in [6, 6.07) is 10.2. The van der Waals surface area contributed by atoms with Crippen molar-refractivity contribution in [2.75, 3.05) is 31.1 Å². The first kappa shape index (κ1) is 19.0. The normalized spacial score (nSPS) is 14.6. The zero-order chi connectivity index (χ0) is 20.5. The molecule has 1 fully saturated rings. The summed E-state index contributed by atoms with van der Waals surface area (Å²) in [5, 5.41) is 0. The average molecular weight is 396 g/mol. The molecule has 0 atom stereocenters. The number of carbonyl (C=O) groups is 1. The van der Waals surface area contributed by atoms with E-state index in [1.807, 2.05) is 23.1 Å². The van der Waals surface area contributed by atoms with Crippen LogP contribution >= 0.6 is 0 Å². The Labute approximate surface area is 167 Å². The monoisotopic (exact) mass is 396 g/mol. The number of para-hydroxylation sites is 1. The lowest BCUT2D eigenvalue weighted by molar-refractivity contribution is -0.131. The van der Waals surface area contributed by atoms with Crippen LogP contribution in [0.15, 0.2) is 39.9 Å². The molecule has 0 unspecified atom stereocenters. The number of H-pyrrole nitrogens is 1. The summed E-state index contributed by atoms with van der Waals surface area (Å²) in [5.41, 5.74) is 0.942. The third-order valence-electron chi connectivity index (χ3n) is 5.47. The molecule has 1 saturated heterocycles. The maximum absolute atomic E-state index is 12.6. The molecule has 3 heterocycles. The molecule has 4 rings (SSSR count). The van der Waals surface area contributed by atoms with Gasteiger partial charge in [-0.25, -0.2) is 9.78 Å². The van der Waals surface area contributed by atoms with Gasteiger partial charge in [-0.05, 0) is 12.1 Å². The minimum absolute atomic E-state index is 0.0694. The number of anilines is 1. The number of aromatic nitrogens is 4. The van der Waals surface area contributed by atoms with Crippen molar-refractivity contribution in [2.45, 2.75) is 12.8 Å². The van der Waals surface area contributed by atoms with Crippen LogP contribution in [0.1, 0.15) is 12.2 Å². The Morgan fingerprint density at radius 3 is 2.41 bits per heavy atom. The molecule has 1 aliphatic rings. The van der Waals surface area contributed by atoms with Crippen LogP contribution in [0, 0.1) is 0 Å². The van der Waals surface area contributed by atoms with Crippen molar-refractivity contribution in [3.8, 4) is 0 Å². The first-order valence-corrected chi connectivity index (χ1v) is 9.68. The summed E-state index contributed by atoms with van der Waals surface area (Å²) >= 11 is 0. The van der Waals surface area contributed by atoms with E-state index in [2.05, 4.69) is 27.0 Å². The van der Waals surface area contributed by atoms with Crippen LogP contribution in [-0.4, -0.2) is 56.1 Å². The molecule has 152 valence electrons. The highest BCUT2D eigenvalue weighted by Crippen LogP contribution is 2.16. The molecule has 1 N–H and O–H groups in total. The summed E-state index contributed by atoms with van der Waals surface area (Å²) in [5.74, 6) is 0.606. The fourth-order valence-electron chi connectivity index (χ4n) is 3.73. The van der Waals surface area contributed by atoms with Crippen molar-refractivity contribution in [1.82, 2.24) is 24.0 Å². The van der Waals surface area contributed by atoms with Crippen LogP contribution in [-0.2, 0) is 25.3 Å². The van der Waals surface area contributed by atoms with Crippen molar-refractivity contribution in [3.05, 3.63) is 57.0 Å². The summed E-state index contributed by atoms with van der Waals surface area (Å²) in [6.45, 7) is 2.98. The second-order valence-corrected chi connectivity index (χ2v) is 7.29. The van der Waals surface area contributed by atoms with E-state index in [9.17, 15) is 14.4 Å². The lowest BCUT2D eigenvalue weighted by atomic mass is 10.2. The number of nitrogens with one attached hydrogen (secondary N) is 1. The topological polar surface area (TPSA) is 96.2 Å². The second-order valence-electron chi connectivity index (χ2n) is 7.29. The van der Waals surface area contributed by atoms with Gasteiger partial charge >= 0.3 is 5.69 Å². The zero-order valence-electron chi connectivity index (χ0n) is 16.6. The molecular formula is C20H24N6O3. The van der Waals surface area contributed by atoms with Crippen molar-refractivity contribution < 1.29 is 4.79 Å². The van der Waals surface area contributed by atoms with Gasteiger partial charge in [0.25, 0.3) is 5.56 Å². The number of piperazine rings is 1. The van der Waals surface area contributed by atoms with E-state index in [1.165, 1.54) is 17.3 Å². The first-order chi connectivity index (χ1) is 14.0. The van der Waals surface area contributed by atoms with E-state index < -0.39 is 11.2 Å². The number of hydrogen-bond donors (Lipinski definition) is 1. The molecule has 0 bridgehead atoms. The van der Waals surface area contributed by atoms with Gasteiger partial charge in [-0.2, -0.15) is 0 Å². The van der Waals surface area contributed by atoms with Crippen molar-refractivity contribution in [1.29, 1.82) is 0 Å². The molecule has 9 heteroatoms. The number of fused-ring (bicyclic) bond motifs is 1. The summed E-state index contributed by atoms with van der Waals surface area (Å²) < 4.78 is 2.38. The second kappa shape index (κ2) is 7.57. The van der Waals surface area contributed by atoms with E-state index in [0.717, 1.165) is 17.7 Å². The number of nitrogens with zero attached hydrogens (tertiary/aromatic N) is 5. The Morgan fingerprint density at radius 2 is 1.72 bits per heavy atom. The molecule has 3 aromatic rings. The summed E-state index contributed by atoms with van der Waals surface area (Å²) in [6.07, 6.45) is 0.698. The minimum atomic E-state index is -0.423. The van der Waals surface area contributed by atoms with Crippen LogP contribution in [0.25, 0.3) is 11.2 Å². The highest BCUT2D eigenvalue weighted by Gasteiger charge is 2.21. The Balaban J connectivity index is 1.39. The number of aromatic amines is 1. The van der Waals surface area contributed by atoms with Crippen LogP contribution in [0.2, 0.25) is 0 Å².